The topological polar surface area (TPSA) is 55.1 Å². The molecule has 2 rings (SSSR count). The van der Waals surface area contributed by atoms with E-state index >= 15 is 0 Å². The van der Waals surface area contributed by atoms with Gasteiger partial charge in [-0.15, -0.1) is 35.9 Å². The van der Waals surface area contributed by atoms with Crippen molar-refractivity contribution in [3.05, 3.63) is 35.4 Å². The molecule has 1 fully saturated rings. The molecule has 0 aliphatic carbocycles. The standard InChI is InChI=1S/C14H20N2OS2.ClH/c1-10(15)6-7-16-13(17)11-2-4-12(5-3-11)14-18-8-9-19-14;/h2-5,10,14H,6-9,15H2,1H3,(H,16,17);1H. The number of amides is 1. The van der Waals surface area contributed by atoms with Gasteiger partial charge in [-0.3, -0.25) is 4.79 Å². The number of nitrogens with one attached hydrogen (secondary N) is 1. The molecule has 1 atom stereocenters. The number of thioether (sulfide) groups is 2. The minimum Gasteiger partial charge on any atom is -0.352 e. The fourth-order valence-electron chi connectivity index (χ4n) is 1.86. The fraction of sp³-hybridized carbons (Fsp3) is 0.500. The summed E-state index contributed by atoms with van der Waals surface area (Å²) in [6.45, 7) is 2.57. The van der Waals surface area contributed by atoms with Gasteiger partial charge in [-0.1, -0.05) is 12.1 Å². The smallest absolute Gasteiger partial charge is 0.251 e. The van der Waals surface area contributed by atoms with Crippen LogP contribution in [-0.2, 0) is 0 Å². The Hall–Kier alpha value is -0.360. The molecule has 1 aliphatic rings. The number of halogens is 1. The van der Waals surface area contributed by atoms with E-state index in [2.05, 4.69) is 17.4 Å². The van der Waals surface area contributed by atoms with Gasteiger partial charge in [0.1, 0.15) is 0 Å². The molecule has 3 N–H and O–H groups in total. The lowest BCUT2D eigenvalue weighted by molar-refractivity contribution is 0.0953. The molecule has 6 heteroatoms. The zero-order valence-corrected chi connectivity index (χ0v) is 14.0. The summed E-state index contributed by atoms with van der Waals surface area (Å²) in [4.78, 5) is 11.9. The van der Waals surface area contributed by atoms with Crippen LogP contribution < -0.4 is 11.1 Å². The Kier molecular flexibility index (Phi) is 7.80. The molecule has 1 saturated heterocycles. The van der Waals surface area contributed by atoms with Crippen LogP contribution in [0.15, 0.2) is 24.3 Å². The van der Waals surface area contributed by atoms with E-state index in [4.69, 9.17) is 5.73 Å². The third-order valence-electron chi connectivity index (χ3n) is 2.95. The molecular weight excluding hydrogens is 312 g/mol. The number of rotatable bonds is 5. The Morgan fingerprint density at radius 3 is 2.50 bits per heavy atom. The zero-order valence-electron chi connectivity index (χ0n) is 11.5. The lowest BCUT2D eigenvalue weighted by Crippen LogP contribution is -2.28. The number of carbonyl (C=O) groups is 1. The summed E-state index contributed by atoms with van der Waals surface area (Å²) in [5, 5.41) is 2.89. The van der Waals surface area contributed by atoms with Crippen molar-refractivity contribution >= 4 is 41.8 Å². The second-order valence-corrected chi connectivity index (χ2v) is 7.44. The Morgan fingerprint density at radius 2 is 1.95 bits per heavy atom. The van der Waals surface area contributed by atoms with Crippen LogP contribution in [0.25, 0.3) is 0 Å². The van der Waals surface area contributed by atoms with E-state index in [9.17, 15) is 4.79 Å². The second-order valence-electron chi connectivity index (χ2n) is 4.72. The quantitative estimate of drug-likeness (QED) is 0.870. The molecule has 3 nitrogen and oxygen atoms in total. The number of hydrogen-bond donors (Lipinski definition) is 2. The molecule has 1 aromatic rings. The number of carbonyl (C=O) groups excluding carboxylic acids is 1. The molecule has 1 aromatic carbocycles. The summed E-state index contributed by atoms with van der Waals surface area (Å²) in [7, 11) is 0. The Bertz CT molecular complexity index is 420. The molecule has 1 unspecified atom stereocenters. The van der Waals surface area contributed by atoms with Gasteiger partial charge in [0.2, 0.25) is 0 Å². The maximum Gasteiger partial charge on any atom is 0.251 e. The monoisotopic (exact) mass is 332 g/mol. The summed E-state index contributed by atoms with van der Waals surface area (Å²) < 4.78 is 0.537. The van der Waals surface area contributed by atoms with Crippen LogP contribution in [0.5, 0.6) is 0 Å². The predicted octanol–water partition coefficient (Wildman–Crippen LogP) is 3.05. The largest absolute Gasteiger partial charge is 0.352 e. The van der Waals surface area contributed by atoms with Crippen molar-refractivity contribution in [2.45, 2.75) is 24.0 Å². The van der Waals surface area contributed by atoms with Gasteiger partial charge in [-0.05, 0) is 31.0 Å². The Labute approximate surface area is 135 Å². The van der Waals surface area contributed by atoms with Gasteiger partial charge in [0.25, 0.3) is 5.91 Å². The van der Waals surface area contributed by atoms with E-state index in [0.29, 0.717) is 11.1 Å². The van der Waals surface area contributed by atoms with Crippen LogP contribution in [0.3, 0.4) is 0 Å². The number of benzene rings is 1. The van der Waals surface area contributed by atoms with E-state index in [1.54, 1.807) is 0 Å². The molecule has 1 amide bonds. The van der Waals surface area contributed by atoms with Crippen LogP contribution in [0.2, 0.25) is 0 Å². The van der Waals surface area contributed by atoms with Crippen molar-refractivity contribution in [3.8, 4) is 0 Å². The summed E-state index contributed by atoms with van der Waals surface area (Å²) in [6.07, 6.45) is 0.805. The first-order valence-electron chi connectivity index (χ1n) is 6.54. The van der Waals surface area contributed by atoms with Gasteiger partial charge in [0.05, 0.1) is 4.58 Å². The highest BCUT2D eigenvalue weighted by atomic mass is 35.5. The van der Waals surface area contributed by atoms with Crippen LogP contribution in [0.4, 0.5) is 0 Å². The first-order valence-corrected chi connectivity index (χ1v) is 8.63. The minimum absolute atomic E-state index is 0. The van der Waals surface area contributed by atoms with Crippen LogP contribution in [0.1, 0.15) is 33.8 Å². The van der Waals surface area contributed by atoms with E-state index in [0.717, 1.165) is 12.0 Å². The van der Waals surface area contributed by atoms with Crippen molar-refractivity contribution in [1.82, 2.24) is 5.32 Å². The van der Waals surface area contributed by atoms with Gasteiger partial charge in [0.15, 0.2) is 0 Å². The van der Waals surface area contributed by atoms with Gasteiger partial charge in [0, 0.05) is 29.7 Å². The summed E-state index contributed by atoms with van der Waals surface area (Å²) in [5.74, 6) is 2.42. The molecule has 112 valence electrons. The average molecular weight is 333 g/mol. The van der Waals surface area contributed by atoms with Crippen LogP contribution in [-0.4, -0.2) is 30.0 Å². The SMILES string of the molecule is CC(N)CCNC(=O)c1ccc(C2SCCS2)cc1.Cl. The zero-order chi connectivity index (χ0) is 13.7. The highest BCUT2D eigenvalue weighted by Crippen LogP contribution is 2.45. The molecule has 0 aromatic heterocycles. The molecule has 0 bridgehead atoms. The Morgan fingerprint density at radius 1 is 1.35 bits per heavy atom. The van der Waals surface area contributed by atoms with Crippen molar-refractivity contribution < 1.29 is 4.79 Å². The van der Waals surface area contributed by atoms with Crippen molar-refractivity contribution in [3.63, 3.8) is 0 Å². The van der Waals surface area contributed by atoms with Crippen LogP contribution in [0, 0.1) is 0 Å². The minimum atomic E-state index is -0.0149. The van der Waals surface area contributed by atoms with Gasteiger partial charge < -0.3 is 11.1 Å². The molecule has 1 heterocycles. The third kappa shape index (κ3) is 5.20. The van der Waals surface area contributed by atoms with Crippen molar-refractivity contribution in [1.29, 1.82) is 0 Å². The van der Waals surface area contributed by atoms with Crippen LogP contribution >= 0.6 is 35.9 Å². The molecular formula is C14H21ClN2OS2. The van der Waals surface area contributed by atoms with Gasteiger partial charge in [-0.25, -0.2) is 0 Å². The fourth-order valence-corrected chi connectivity index (χ4v) is 4.72. The second kappa shape index (κ2) is 8.82. The first kappa shape index (κ1) is 17.7. The number of hydrogen-bond acceptors (Lipinski definition) is 4. The van der Waals surface area contributed by atoms with Gasteiger partial charge in [-0.2, -0.15) is 0 Å². The predicted molar refractivity (Wildman–Crippen MR) is 91.9 cm³/mol. The number of nitrogens with two attached hydrogens (primary N) is 1. The molecule has 20 heavy (non-hydrogen) atoms. The van der Waals surface area contributed by atoms with Crippen molar-refractivity contribution in [2.24, 2.45) is 5.73 Å². The third-order valence-corrected chi connectivity index (χ3v) is 6.06. The molecule has 1 aliphatic heterocycles. The molecule has 0 saturated carbocycles. The summed E-state index contributed by atoms with van der Waals surface area (Å²) in [6, 6.07) is 8.08. The van der Waals surface area contributed by atoms with E-state index in [-0.39, 0.29) is 24.4 Å². The molecule has 0 spiro atoms. The van der Waals surface area contributed by atoms with Gasteiger partial charge >= 0.3 is 0 Å². The Balaban J connectivity index is 0.00000200. The summed E-state index contributed by atoms with van der Waals surface area (Å²) in [5.41, 5.74) is 7.68. The normalized spacial score (nSPS) is 16.5. The van der Waals surface area contributed by atoms with E-state index in [1.807, 2.05) is 42.6 Å². The maximum atomic E-state index is 11.9. The molecule has 0 radical (unpaired) electrons. The van der Waals surface area contributed by atoms with E-state index < -0.39 is 0 Å². The highest BCUT2D eigenvalue weighted by molar-refractivity contribution is 8.19. The van der Waals surface area contributed by atoms with E-state index in [1.165, 1.54) is 17.1 Å². The van der Waals surface area contributed by atoms with Crippen molar-refractivity contribution in [2.75, 3.05) is 18.1 Å². The first-order chi connectivity index (χ1) is 9.16. The lowest BCUT2D eigenvalue weighted by Gasteiger charge is -2.10. The average Bonchev–Trinajstić information content (AvgIpc) is 2.92. The lowest BCUT2D eigenvalue weighted by atomic mass is 10.1. The maximum absolute atomic E-state index is 11.9. The highest BCUT2D eigenvalue weighted by Gasteiger charge is 2.18. The summed E-state index contributed by atoms with van der Waals surface area (Å²) >= 11 is 3.95.